The van der Waals surface area contributed by atoms with Crippen molar-refractivity contribution in [3.8, 4) is 11.3 Å². The number of aromatic nitrogens is 3. The predicted molar refractivity (Wildman–Crippen MR) is 108 cm³/mol. The second-order valence-corrected chi connectivity index (χ2v) is 7.88. The third kappa shape index (κ3) is 3.40. The van der Waals surface area contributed by atoms with Crippen LogP contribution in [0.2, 0.25) is 0 Å². The minimum Gasteiger partial charge on any atom is -0.333 e. The van der Waals surface area contributed by atoms with Crippen molar-refractivity contribution in [2.75, 3.05) is 26.2 Å². The maximum atomic E-state index is 13.4. The molecule has 0 aliphatic carbocycles. The third-order valence-corrected chi connectivity index (χ3v) is 6.05. The van der Waals surface area contributed by atoms with E-state index in [1.165, 1.54) is 25.0 Å². The summed E-state index contributed by atoms with van der Waals surface area (Å²) in [6.07, 6.45) is 7.79. The third-order valence-electron chi connectivity index (χ3n) is 6.05. The Hall–Kier alpha value is -2.80. The second kappa shape index (κ2) is 7.55. The number of nitrogens with zero attached hydrogens (tertiary/aromatic N) is 5. The van der Waals surface area contributed by atoms with Gasteiger partial charge in [-0.05, 0) is 69.1 Å². The number of likely N-dealkylation sites (tertiary alicyclic amines) is 2. The summed E-state index contributed by atoms with van der Waals surface area (Å²) >= 11 is 0. The Balaban J connectivity index is 1.51. The molecule has 1 atom stereocenters. The number of fused-ring (bicyclic) bond motifs is 1. The van der Waals surface area contributed by atoms with Gasteiger partial charge >= 0.3 is 0 Å². The van der Waals surface area contributed by atoms with Gasteiger partial charge in [0.1, 0.15) is 5.82 Å². The number of rotatable bonds is 4. The van der Waals surface area contributed by atoms with E-state index >= 15 is 0 Å². The lowest BCUT2D eigenvalue weighted by atomic mass is 10.1. The van der Waals surface area contributed by atoms with Crippen LogP contribution in [-0.2, 0) is 4.79 Å². The molecule has 1 aromatic carbocycles. The van der Waals surface area contributed by atoms with Crippen molar-refractivity contribution in [1.82, 2.24) is 24.2 Å². The fourth-order valence-corrected chi connectivity index (χ4v) is 4.62. The lowest BCUT2D eigenvalue weighted by molar-refractivity contribution is -0.133. The van der Waals surface area contributed by atoms with E-state index in [9.17, 15) is 9.18 Å². The van der Waals surface area contributed by atoms with Crippen molar-refractivity contribution >= 4 is 11.7 Å². The summed E-state index contributed by atoms with van der Waals surface area (Å²) < 4.78 is 15.4. The predicted octanol–water partition coefficient (Wildman–Crippen LogP) is 3.29. The van der Waals surface area contributed by atoms with Gasteiger partial charge < -0.3 is 4.90 Å². The molecule has 0 radical (unpaired) electrons. The first-order chi connectivity index (χ1) is 14.2. The highest BCUT2D eigenvalue weighted by molar-refractivity contribution is 5.79. The van der Waals surface area contributed by atoms with Gasteiger partial charge in [0.05, 0.1) is 30.2 Å². The Morgan fingerprint density at radius 3 is 2.62 bits per heavy atom. The number of benzene rings is 1. The summed E-state index contributed by atoms with van der Waals surface area (Å²) in [4.78, 5) is 26.2. The number of carbonyl (C=O) groups excluding carboxylic acids is 1. The topological polar surface area (TPSA) is 53.7 Å². The molecule has 6 nitrogen and oxygen atoms in total. The van der Waals surface area contributed by atoms with Crippen molar-refractivity contribution < 1.29 is 9.18 Å². The van der Waals surface area contributed by atoms with E-state index in [-0.39, 0.29) is 17.8 Å². The van der Waals surface area contributed by atoms with Crippen LogP contribution in [0.3, 0.4) is 0 Å². The van der Waals surface area contributed by atoms with Crippen LogP contribution in [0.25, 0.3) is 17.0 Å². The maximum Gasteiger partial charge on any atom is 0.237 e. The van der Waals surface area contributed by atoms with Gasteiger partial charge in [0, 0.05) is 18.3 Å². The molecule has 0 spiro atoms. The SMILES string of the molecule is O=C(CN1CCCC1)N1CCC[C@@H]1c1ccnc2ncc(-c3ccc(F)cc3)n12. The molecular formula is C22H24FN5O. The van der Waals surface area contributed by atoms with Crippen LogP contribution >= 0.6 is 0 Å². The fraction of sp³-hybridized carbons (Fsp3) is 0.409. The van der Waals surface area contributed by atoms with E-state index in [4.69, 9.17) is 0 Å². The Kier molecular flexibility index (Phi) is 4.75. The van der Waals surface area contributed by atoms with E-state index in [1.54, 1.807) is 24.5 Å². The molecule has 1 amide bonds. The summed E-state index contributed by atoms with van der Waals surface area (Å²) in [5.74, 6) is 0.527. The molecule has 29 heavy (non-hydrogen) atoms. The van der Waals surface area contributed by atoms with Gasteiger partial charge in [0.25, 0.3) is 0 Å². The van der Waals surface area contributed by atoms with Crippen molar-refractivity contribution in [3.63, 3.8) is 0 Å². The molecule has 2 aromatic heterocycles. The van der Waals surface area contributed by atoms with Crippen molar-refractivity contribution in [2.24, 2.45) is 0 Å². The van der Waals surface area contributed by atoms with Crippen LogP contribution in [0.15, 0.2) is 42.7 Å². The van der Waals surface area contributed by atoms with Crippen LogP contribution in [0.5, 0.6) is 0 Å². The largest absolute Gasteiger partial charge is 0.333 e. The number of hydrogen-bond donors (Lipinski definition) is 0. The van der Waals surface area contributed by atoms with E-state index in [0.717, 1.165) is 49.4 Å². The van der Waals surface area contributed by atoms with E-state index in [1.807, 2.05) is 15.4 Å². The maximum absolute atomic E-state index is 13.4. The molecule has 3 aromatic rings. The van der Waals surface area contributed by atoms with Crippen molar-refractivity contribution in [1.29, 1.82) is 0 Å². The molecule has 0 unspecified atom stereocenters. The highest BCUT2D eigenvalue weighted by atomic mass is 19.1. The number of imidazole rings is 1. The van der Waals surface area contributed by atoms with Gasteiger partial charge in [-0.1, -0.05) is 0 Å². The van der Waals surface area contributed by atoms with Gasteiger partial charge in [-0.25, -0.2) is 14.4 Å². The molecule has 150 valence electrons. The quantitative estimate of drug-likeness (QED) is 0.683. The van der Waals surface area contributed by atoms with Crippen molar-refractivity contribution in [2.45, 2.75) is 31.7 Å². The van der Waals surface area contributed by atoms with Crippen LogP contribution in [0, 0.1) is 5.82 Å². The summed E-state index contributed by atoms with van der Waals surface area (Å²) in [7, 11) is 0. The molecule has 0 bridgehead atoms. The standard InChI is InChI=1S/C22H24FN5O/c23-17-7-5-16(6-8-17)20-14-25-22-24-10-9-19(28(20)22)18-4-3-13-27(18)21(29)15-26-11-1-2-12-26/h5-10,14,18H,1-4,11-13,15H2/t18-/m1/s1. The zero-order chi connectivity index (χ0) is 19.8. The smallest absolute Gasteiger partial charge is 0.237 e. The summed E-state index contributed by atoms with van der Waals surface area (Å²) in [5.41, 5.74) is 2.75. The van der Waals surface area contributed by atoms with Gasteiger partial charge in [-0.15, -0.1) is 0 Å². The minimum atomic E-state index is -0.268. The van der Waals surface area contributed by atoms with E-state index < -0.39 is 0 Å². The number of amides is 1. The molecule has 2 aliphatic heterocycles. The first kappa shape index (κ1) is 18.2. The fourth-order valence-electron chi connectivity index (χ4n) is 4.62. The summed E-state index contributed by atoms with van der Waals surface area (Å²) in [5, 5.41) is 0. The molecule has 0 N–H and O–H groups in total. The zero-order valence-corrected chi connectivity index (χ0v) is 16.3. The second-order valence-electron chi connectivity index (χ2n) is 7.88. The molecule has 7 heteroatoms. The lowest BCUT2D eigenvalue weighted by Crippen LogP contribution is -2.39. The van der Waals surface area contributed by atoms with Crippen LogP contribution < -0.4 is 0 Å². The van der Waals surface area contributed by atoms with Crippen LogP contribution in [-0.4, -0.2) is 56.3 Å². The molecule has 2 aliphatic rings. The Labute approximate surface area is 169 Å². The molecule has 4 heterocycles. The van der Waals surface area contributed by atoms with E-state index in [2.05, 4.69) is 14.9 Å². The van der Waals surface area contributed by atoms with Gasteiger partial charge in [-0.2, -0.15) is 0 Å². The zero-order valence-electron chi connectivity index (χ0n) is 16.3. The normalized spacial score (nSPS) is 20.0. The first-order valence-corrected chi connectivity index (χ1v) is 10.3. The highest BCUT2D eigenvalue weighted by Gasteiger charge is 2.33. The molecule has 2 saturated heterocycles. The highest BCUT2D eigenvalue weighted by Crippen LogP contribution is 2.34. The van der Waals surface area contributed by atoms with Gasteiger partial charge in [0.15, 0.2) is 0 Å². The summed E-state index contributed by atoms with van der Waals surface area (Å²) in [6, 6.07) is 8.39. The Morgan fingerprint density at radius 1 is 1.03 bits per heavy atom. The van der Waals surface area contributed by atoms with Gasteiger partial charge in [-0.3, -0.25) is 14.1 Å². The average molecular weight is 393 g/mol. The minimum absolute atomic E-state index is 0.00371. The molecule has 5 rings (SSSR count). The average Bonchev–Trinajstić information content (AvgIpc) is 3.48. The summed E-state index contributed by atoms with van der Waals surface area (Å²) in [6.45, 7) is 3.31. The number of carbonyl (C=O) groups is 1. The van der Waals surface area contributed by atoms with Crippen LogP contribution in [0.4, 0.5) is 4.39 Å². The Bertz CT molecular complexity index is 1030. The first-order valence-electron chi connectivity index (χ1n) is 10.3. The van der Waals surface area contributed by atoms with Crippen LogP contribution in [0.1, 0.15) is 37.4 Å². The molecular weight excluding hydrogens is 369 g/mol. The number of halogens is 1. The molecule has 2 fully saturated rings. The lowest BCUT2D eigenvalue weighted by Gasteiger charge is -2.28. The Morgan fingerprint density at radius 2 is 1.83 bits per heavy atom. The van der Waals surface area contributed by atoms with Crippen molar-refractivity contribution in [3.05, 3.63) is 54.2 Å². The molecule has 0 saturated carbocycles. The van der Waals surface area contributed by atoms with Gasteiger partial charge in [0.2, 0.25) is 11.7 Å². The number of hydrogen-bond acceptors (Lipinski definition) is 4. The monoisotopic (exact) mass is 393 g/mol. The van der Waals surface area contributed by atoms with E-state index in [0.29, 0.717) is 12.3 Å².